The molecule has 1 unspecified atom stereocenters. The first-order valence-electron chi connectivity index (χ1n) is 5.76. The Morgan fingerprint density at radius 2 is 2.18 bits per heavy atom. The number of rotatable bonds is 5. The van der Waals surface area contributed by atoms with E-state index in [1.54, 1.807) is 0 Å². The quantitative estimate of drug-likeness (QED) is 0.831. The molecule has 0 heterocycles. The Hall–Kier alpha value is -0.800. The SMILES string of the molecule is CCC(C)CN(C)c1ccc(C(N)=S)cc1Cl. The molecule has 0 saturated heterocycles. The fourth-order valence-electron chi connectivity index (χ4n) is 1.66. The highest BCUT2D eigenvalue weighted by Gasteiger charge is 2.10. The van der Waals surface area contributed by atoms with Gasteiger partial charge in [0.1, 0.15) is 4.99 Å². The summed E-state index contributed by atoms with van der Waals surface area (Å²) >= 11 is 11.2. The van der Waals surface area contributed by atoms with Crippen LogP contribution in [0.2, 0.25) is 5.02 Å². The summed E-state index contributed by atoms with van der Waals surface area (Å²) in [5.74, 6) is 0.645. The van der Waals surface area contributed by atoms with E-state index in [9.17, 15) is 0 Å². The Bertz CT molecular complexity index is 406. The van der Waals surface area contributed by atoms with Crippen molar-refractivity contribution < 1.29 is 0 Å². The Kier molecular flexibility index (Phi) is 5.22. The molecule has 1 rings (SSSR count). The van der Waals surface area contributed by atoms with E-state index >= 15 is 0 Å². The maximum Gasteiger partial charge on any atom is 0.104 e. The second-order valence-corrected chi connectivity index (χ2v) is 5.27. The summed E-state index contributed by atoms with van der Waals surface area (Å²) in [5, 5.41) is 0.695. The van der Waals surface area contributed by atoms with Gasteiger partial charge in [0.25, 0.3) is 0 Å². The first-order chi connectivity index (χ1) is 7.95. The maximum atomic E-state index is 6.24. The smallest absolute Gasteiger partial charge is 0.104 e. The average Bonchev–Trinajstić information content (AvgIpc) is 2.28. The Morgan fingerprint density at radius 1 is 1.53 bits per heavy atom. The maximum absolute atomic E-state index is 6.24. The third kappa shape index (κ3) is 3.86. The molecule has 17 heavy (non-hydrogen) atoms. The molecule has 0 fully saturated rings. The van der Waals surface area contributed by atoms with Gasteiger partial charge in [0.15, 0.2) is 0 Å². The minimum absolute atomic E-state index is 0.378. The van der Waals surface area contributed by atoms with E-state index in [2.05, 4.69) is 18.7 Å². The number of hydrogen-bond acceptors (Lipinski definition) is 2. The van der Waals surface area contributed by atoms with Crippen LogP contribution in [0.1, 0.15) is 25.8 Å². The van der Waals surface area contributed by atoms with Crippen LogP contribution in [-0.2, 0) is 0 Å². The lowest BCUT2D eigenvalue weighted by molar-refractivity contribution is 0.560. The standard InChI is InChI=1S/C13H19ClN2S/c1-4-9(2)8-16(3)12-6-5-10(13(15)17)7-11(12)14/h5-7,9H,4,8H2,1-3H3,(H2,15,17). The van der Waals surface area contributed by atoms with E-state index < -0.39 is 0 Å². The molecule has 2 N–H and O–H groups in total. The fourth-order valence-corrected chi connectivity index (χ4v) is 2.12. The molecule has 0 radical (unpaired) electrons. The molecule has 0 aromatic heterocycles. The zero-order valence-corrected chi connectivity index (χ0v) is 12.1. The van der Waals surface area contributed by atoms with Crippen LogP contribution in [0, 0.1) is 5.92 Å². The third-order valence-corrected chi connectivity index (χ3v) is 3.46. The molecule has 1 atom stereocenters. The fraction of sp³-hybridized carbons (Fsp3) is 0.462. The molecule has 4 heteroatoms. The van der Waals surface area contributed by atoms with Crippen LogP contribution in [0.4, 0.5) is 5.69 Å². The van der Waals surface area contributed by atoms with Gasteiger partial charge in [0.2, 0.25) is 0 Å². The van der Waals surface area contributed by atoms with Gasteiger partial charge in [0.05, 0.1) is 10.7 Å². The normalized spacial score (nSPS) is 12.2. The number of thiocarbonyl (C=S) groups is 1. The predicted octanol–water partition coefficient (Wildman–Crippen LogP) is 3.46. The van der Waals surface area contributed by atoms with Gasteiger partial charge in [-0.05, 0) is 24.1 Å². The number of anilines is 1. The van der Waals surface area contributed by atoms with Crippen molar-refractivity contribution in [3.8, 4) is 0 Å². The Balaban J connectivity index is 2.88. The Labute approximate surface area is 114 Å². The molecule has 1 aromatic carbocycles. The summed E-state index contributed by atoms with van der Waals surface area (Å²) < 4.78 is 0. The lowest BCUT2D eigenvalue weighted by atomic mass is 10.1. The number of nitrogens with two attached hydrogens (primary N) is 1. The molecule has 0 aliphatic rings. The number of nitrogens with zero attached hydrogens (tertiary/aromatic N) is 1. The van der Waals surface area contributed by atoms with E-state index in [4.69, 9.17) is 29.6 Å². The third-order valence-electron chi connectivity index (χ3n) is 2.93. The molecule has 0 saturated carbocycles. The molecule has 1 aromatic rings. The highest BCUT2D eigenvalue weighted by molar-refractivity contribution is 7.80. The summed E-state index contributed by atoms with van der Waals surface area (Å²) in [6.45, 7) is 5.41. The summed E-state index contributed by atoms with van der Waals surface area (Å²) in [6, 6.07) is 5.71. The monoisotopic (exact) mass is 270 g/mol. The van der Waals surface area contributed by atoms with Crippen LogP contribution in [0.3, 0.4) is 0 Å². The minimum atomic E-state index is 0.378. The number of halogens is 1. The lowest BCUT2D eigenvalue weighted by Gasteiger charge is -2.24. The largest absolute Gasteiger partial charge is 0.389 e. The van der Waals surface area contributed by atoms with Crippen LogP contribution in [-0.4, -0.2) is 18.6 Å². The number of benzene rings is 1. The van der Waals surface area contributed by atoms with Crippen LogP contribution < -0.4 is 10.6 Å². The second-order valence-electron chi connectivity index (χ2n) is 4.42. The highest BCUT2D eigenvalue weighted by Crippen LogP contribution is 2.26. The molecule has 0 bridgehead atoms. The van der Waals surface area contributed by atoms with Crippen molar-refractivity contribution in [2.45, 2.75) is 20.3 Å². The summed E-state index contributed by atoms with van der Waals surface area (Å²) in [7, 11) is 2.05. The van der Waals surface area contributed by atoms with Crippen LogP contribution in [0.15, 0.2) is 18.2 Å². The molecule has 94 valence electrons. The van der Waals surface area contributed by atoms with Crippen molar-refractivity contribution in [1.29, 1.82) is 0 Å². The van der Waals surface area contributed by atoms with Crippen LogP contribution in [0.5, 0.6) is 0 Å². The molecule has 0 spiro atoms. The Morgan fingerprint density at radius 3 is 2.65 bits per heavy atom. The van der Waals surface area contributed by atoms with Gasteiger partial charge in [-0.15, -0.1) is 0 Å². The summed E-state index contributed by atoms with van der Waals surface area (Å²) in [5.41, 5.74) is 7.40. The molecular weight excluding hydrogens is 252 g/mol. The van der Waals surface area contributed by atoms with Gasteiger partial charge in [-0.3, -0.25) is 0 Å². The van der Waals surface area contributed by atoms with Gasteiger partial charge in [-0.2, -0.15) is 0 Å². The first kappa shape index (κ1) is 14.3. The molecular formula is C13H19ClN2S. The molecule has 0 aliphatic heterocycles. The van der Waals surface area contributed by atoms with E-state index in [0.29, 0.717) is 15.9 Å². The topological polar surface area (TPSA) is 29.3 Å². The minimum Gasteiger partial charge on any atom is -0.389 e. The van der Waals surface area contributed by atoms with Gasteiger partial charge in [-0.25, -0.2) is 0 Å². The number of hydrogen-bond donors (Lipinski definition) is 1. The predicted molar refractivity (Wildman–Crippen MR) is 80.1 cm³/mol. The van der Waals surface area contributed by atoms with Gasteiger partial charge in [-0.1, -0.05) is 44.1 Å². The summed E-state index contributed by atoms with van der Waals surface area (Å²) in [4.78, 5) is 2.54. The average molecular weight is 271 g/mol. The van der Waals surface area contributed by atoms with E-state index in [-0.39, 0.29) is 0 Å². The molecule has 0 aliphatic carbocycles. The van der Waals surface area contributed by atoms with Crippen molar-refractivity contribution in [2.24, 2.45) is 11.7 Å². The zero-order chi connectivity index (χ0) is 13.0. The van der Waals surface area contributed by atoms with E-state index in [1.807, 2.05) is 25.2 Å². The van der Waals surface area contributed by atoms with E-state index in [0.717, 1.165) is 24.2 Å². The van der Waals surface area contributed by atoms with Gasteiger partial charge in [0, 0.05) is 19.2 Å². The summed E-state index contributed by atoms with van der Waals surface area (Å²) in [6.07, 6.45) is 1.16. The van der Waals surface area contributed by atoms with Crippen LogP contribution in [0.25, 0.3) is 0 Å². The lowest BCUT2D eigenvalue weighted by Crippen LogP contribution is -2.24. The molecule has 0 amide bonds. The molecule has 2 nitrogen and oxygen atoms in total. The van der Waals surface area contributed by atoms with Gasteiger partial charge < -0.3 is 10.6 Å². The second kappa shape index (κ2) is 6.22. The zero-order valence-electron chi connectivity index (χ0n) is 10.5. The van der Waals surface area contributed by atoms with E-state index in [1.165, 1.54) is 0 Å². The van der Waals surface area contributed by atoms with Crippen molar-refractivity contribution in [1.82, 2.24) is 0 Å². The van der Waals surface area contributed by atoms with Crippen molar-refractivity contribution in [3.63, 3.8) is 0 Å². The first-order valence-corrected chi connectivity index (χ1v) is 6.54. The van der Waals surface area contributed by atoms with Crippen molar-refractivity contribution >= 4 is 34.5 Å². The van der Waals surface area contributed by atoms with Crippen molar-refractivity contribution in [2.75, 3.05) is 18.5 Å². The van der Waals surface area contributed by atoms with Crippen LogP contribution >= 0.6 is 23.8 Å². The van der Waals surface area contributed by atoms with Gasteiger partial charge >= 0.3 is 0 Å². The van der Waals surface area contributed by atoms with Crippen molar-refractivity contribution in [3.05, 3.63) is 28.8 Å². The highest BCUT2D eigenvalue weighted by atomic mass is 35.5.